The number of aryl methyl sites for hydroxylation is 1. The van der Waals surface area contributed by atoms with E-state index in [1.807, 2.05) is 0 Å². The Kier molecular flexibility index (Phi) is 5.62. The van der Waals surface area contributed by atoms with Gasteiger partial charge in [0.15, 0.2) is 0 Å². The molecule has 1 unspecified atom stereocenters. The summed E-state index contributed by atoms with van der Waals surface area (Å²) in [6, 6.07) is 9.37. The second-order valence-corrected chi connectivity index (χ2v) is 6.71. The van der Waals surface area contributed by atoms with Crippen molar-refractivity contribution in [2.24, 2.45) is 5.41 Å². The maximum atomic E-state index is 8.79. The molecule has 0 radical (unpaired) electrons. The second-order valence-electron chi connectivity index (χ2n) is 6.71. The number of aliphatic hydroxyl groups is 1. The molecule has 1 aromatic rings. The van der Waals surface area contributed by atoms with Crippen molar-refractivity contribution < 1.29 is 5.11 Å². The lowest BCUT2D eigenvalue weighted by molar-refractivity contribution is 0.208. The molecule has 1 aromatic carbocycles. The quantitative estimate of drug-likeness (QED) is 0.741. The van der Waals surface area contributed by atoms with Crippen molar-refractivity contribution in [3.05, 3.63) is 35.4 Å². The van der Waals surface area contributed by atoms with Crippen LogP contribution in [0.3, 0.4) is 0 Å². The van der Waals surface area contributed by atoms with Gasteiger partial charge in [0.1, 0.15) is 0 Å². The number of unbranched alkanes of at least 4 members (excludes halogenated alkanes) is 3. The molecule has 0 saturated carbocycles. The van der Waals surface area contributed by atoms with Crippen molar-refractivity contribution in [2.75, 3.05) is 13.2 Å². The van der Waals surface area contributed by atoms with E-state index in [9.17, 15) is 0 Å². The molecule has 0 aromatic heterocycles. The Hall–Kier alpha value is -0.860. The topological polar surface area (TPSA) is 32.3 Å². The highest BCUT2D eigenvalue weighted by atomic mass is 16.2. The van der Waals surface area contributed by atoms with Gasteiger partial charge >= 0.3 is 0 Å². The summed E-state index contributed by atoms with van der Waals surface area (Å²) in [7, 11) is 0. The fourth-order valence-corrected chi connectivity index (χ4v) is 3.29. The van der Waals surface area contributed by atoms with Crippen LogP contribution in [0.5, 0.6) is 0 Å². The maximum absolute atomic E-state index is 8.79. The smallest absolute Gasteiger partial charge is 0.0431 e. The SMILES string of the molecule is CC1(C)CCc2ccccc2C1NCCCCCCO. The highest BCUT2D eigenvalue weighted by Gasteiger charge is 2.34. The van der Waals surface area contributed by atoms with E-state index in [2.05, 4.69) is 43.4 Å². The van der Waals surface area contributed by atoms with E-state index in [-0.39, 0.29) is 0 Å². The molecule has 2 N–H and O–H groups in total. The second kappa shape index (κ2) is 7.24. The molecule has 0 saturated heterocycles. The van der Waals surface area contributed by atoms with Gasteiger partial charge < -0.3 is 10.4 Å². The number of nitrogens with one attached hydrogen (secondary N) is 1. The summed E-state index contributed by atoms with van der Waals surface area (Å²) >= 11 is 0. The predicted octanol–water partition coefficient (Wildman–Crippen LogP) is 3.84. The molecule has 2 rings (SSSR count). The Labute approximate surface area is 123 Å². The number of hydrogen-bond donors (Lipinski definition) is 2. The van der Waals surface area contributed by atoms with E-state index in [0.29, 0.717) is 18.1 Å². The molecule has 2 heteroatoms. The molecule has 0 fully saturated rings. The molecule has 112 valence electrons. The minimum absolute atomic E-state index is 0.330. The third-order valence-electron chi connectivity index (χ3n) is 4.62. The average Bonchev–Trinajstić information content (AvgIpc) is 2.44. The zero-order valence-electron chi connectivity index (χ0n) is 13.0. The normalized spacial score (nSPS) is 20.6. The molecule has 1 atom stereocenters. The van der Waals surface area contributed by atoms with Crippen LogP contribution >= 0.6 is 0 Å². The van der Waals surface area contributed by atoms with Crippen molar-refractivity contribution in [1.82, 2.24) is 5.32 Å². The highest BCUT2D eigenvalue weighted by Crippen LogP contribution is 2.43. The molecule has 1 aliphatic carbocycles. The van der Waals surface area contributed by atoms with Crippen molar-refractivity contribution in [3.8, 4) is 0 Å². The van der Waals surface area contributed by atoms with Crippen LogP contribution < -0.4 is 5.32 Å². The van der Waals surface area contributed by atoms with Crippen molar-refractivity contribution >= 4 is 0 Å². The molecule has 0 amide bonds. The van der Waals surface area contributed by atoms with Crippen molar-refractivity contribution in [2.45, 2.75) is 58.4 Å². The summed E-state index contributed by atoms with van der Waals surface area (Å²) in [5.41, 5.74) is 3.35. The highest BCUT2D eigenvalue weighted by molar-refractivity contribution is 5.34. The van der Waals surface area contributed by atoms with Gasteiger partial charge in [0, 0.05) is 12.6 Å². The van der Waals surface area contributed by atoms with Crippen LogP contribution in [0.25, 0.3) is 0 Å². The average molecular weight is 275 g/mol. The van der Waals surface area contributed by atoms with Crippen LogP contribution in [0.15, 0.2) is 24.3 Å². The standard InChI is InChI=1S/C18H29NO/c1-18(2)12-11-15-9-5-6-10-16(15)17(18)19-13-7-3-4-8-14-20/h5-6,9-10,17,19-20H,3-4,7-8,11-14H2,1-2H3. The van der Waals surface area contributed by atoms with E-state index in [4.69, 9.17) is 5.11 Å². The van der Waals surface area contributed by atoms with Crippen LogP contribution in [0, 0.1) is 5.41 Å². The number of aliphatic hydroxyl groups excluding tert-OH is 1. The maximum Gasteiger partial charge on any atom is 0.0431 e. The largest absolute Gasteiger partial charge is 0.396 e. The van der Waals surface area contributed by atoms with E-state index < -0.39 is 0 Å². The molecule has 0 aliphatic heterocycles. The first kappa shape index (κ1) is 15.5. The zero-order chi connectivity index (χ0) is 14.4. The number of fused-ring (bicyclic) bond motifs is 1. The first-order valence-corrected chi connectivity index (χ1v) is 8.07. The van der Waals surface area contributed by atoms with Gasteiger partial charge in [-0.1, -0.05) is 51.0 Å². The summed E-state index contributed by atoms with van der Waals surface area (Å²) in [5, 5.41) is 12.6. The van der Waals surface area contributed by atoms with Gasteiger partial charge in [0.05, 0.1) is 0 Å². The van der Waals surface area contributed by atoms with Crippen LogP contribution in [0.1, 0.15) is 63.1 Å². The van der Waals surface area contributed by atoms with Crippen LogP contribution in [-0.2, 0) is 6.42 Å². The van der Waals surface area contributed by atoms with Gasteiger partial charge in [-0.25, -0.2) is 0 Å². The summed E-state index contributed by atoms with van der Waals surface area (Å²) in [5.74, 6) is 0. The number of benzene rings is 1. The summed E-state index contributed by atoms with van der Waals surface area (Å²) < 4.78 is 0. The lowest BCUT2D eigenvalue weighted by Crippen LogP contribution is -2.38. The fourth-order valence-electron chi connectivity index (χ4n) is 3.29. The minimum Gasteiger partial charge on any atom is -0.396 e. The predicted molar refractivity (Wildman–Crippen MR) is 84.8 cm³/mol. The first-order valence-electron chi connectivity index (χ1n) is 8.07. The van der Waals surface area contributed by atoms with Gasteiger partial charge in [-0.05, 0) is 48.8 Å². The van der Waals surface area contributed by atoms with Crippen molar-refractivity contribution in [3.63, 3.8) is 0 Å². The Morgan fingerprint density at radius 1 is 1.15 bits per heavy atom. The van der Waals surface area contributed by atoms with E-state index in [0.717, 1.165) is 19.4 Å². The van der Waals surface area contributed by atoms with Gasteiger partial charge in [-0.15, -0.1) is 0 Å². The molecular formula is C18H29NO. The Morgan fingerprint density at radius 3 is 2.70 bits per heavy atom. The van der Waals surface area contributed by atoms with E-state index in [1.165, 1.54) is 36.8 Å². The van der Waals surface area contributed by atoms with E-state index >= 15 is 0 Å². The summed E-state index contributed by atoms with van der Waals surface area (Å²) in [6.45, 7) is 6.17. The van der Waals surface area contributed by atoms with Gasteiger partial charge in [-0.2, -0.15) is 0 Å². The third-order valence-corrected chi connectivity index (χ3v) is 4.62. The molecule has 0 spiro atoms. The summed E-state index contributed by atoms with van der Waals surface area (Å²) in [4.78, 5) is 0. The molecule has 0 bridgehead atoms. The first-order chi connectivity index (χ1) is 9.65. The van der Waals surface area contributed by atoms with Crippen LogP contribution in [0.2, 0.25) is 0 Å². The zero-order valence-corrected chi connectivity index (χ0v) is 13.0. The molecule has 20 heavy (non-hydrogen) atoms. The molecular weight excluding hydrogens is 246 g/mol. The van der Waals surface area contributed by atoms with Gasteiger partial charge in [-0.3, -0.25) is 0 Å². The Bertz CT molecular complexity index is 414. The lowest BCUT2D eigenvalue weighted by atomic mass is 9.70. The van der Waals surface area contributed by atoms with Gasteiger partial charge in [0.2, 0.25) is 0 Å². The van der Waals surface area contributed by atoms with E-state index in [1.54, 1.807) is 0 Å². The Balaban J connectivity index is 1.91. The fraction of sp³-hybridized carbons (Fsp3) is 0.667. The van der Waals surface area contributed by atoms with Gasteiger partial charge in [0.25, 0.3) is 0 Å². The monoisotopic (exact) mass is 275 g/mol. The lowest BCUT2D eigenvalue weighted by Gasteiger charge is -2.40. The van der Waals surface area contributed by atoms with Crippen LogP contribution in [0.4, 0.5) is 0 Å². The number of hydrogen-bond acceptors (Lipinski definition) is 2. The molecule has 2 nitrogen and oxygen atoms in total. The Morgan fingerprint density at radius 2 is 1.90 bits per heavy atom. The summed E-state index contributed by atoms with van der Waals surface area (Å²) in [6.07, 6.45) is 6.96. The third kappa shape index (κ3) is 3.83. The van der Waals surface area contributed by atoms with Crippen molar-refractivity contribution in [1.29, 1.82) is 0 Å². The van der Waals surface area contributed by atoms with Crippen LogP contribution in [-0.4, -0.2) is 18.3 Å². The minimum atomic E-state index is 0.330. The molecule has 0 heterocycles. The molecule has 1 aliphatic rings. The number of rotatable bonds is 7.